The molecule has 3 rings (SSSR count). The highest BCUT2D eigenvalue weighted by atomic mass is 79.9. The maximum Gasteiger partial charge on any atom is 0.410 e. The average Bonchev–Trinajstić information content (AvgIpc) is 2.52. The van der Waals surface area contributed by atoms with Crippen LogP contribution in [0.3, 0.4) is 0 Å². The van der Waals surface area contributed by atoms with E-state index in [1.807, 2.05) is 32.9 Å². The van der Waals surface area contributed by atoms with Crippen molar-refractivity contribution in [3.63, 3.8) is 0 Å². The minimum absolute atomic E-state index is 0.00929. The number of benzene rings is 2. The Bertz CT molecular complexity index is 783. The Morgan fingerprint density at radius 2 is 1.88 bits per heavy atom. The lowest BCUT2D eigenvalue weighted by Gasteiger charge is -2.36. The molecule has 25 heavy (non-hydrogen) atoms. The van der Waals surface area contributed by atoms with Crippen LogP contribution in [-0.4, -0.2) is 23.1 Å². The fourth-order valence-corrected chi connectivity index (χ4v) is 3.49. The van der Waals surface area contributed by atoms with Crippen molar-refractivity contribution in [1.82, 2.24) is 4.90 Å². The molecule has 132 valence electrons. The number of carbonyl (C=O) groups excluding carboxylic acids is 1. The summed E-state index contributed by atoms with van der Waals surface area (Å²) in [4.78, 5) is 14.3. The molecule has 5 heteroatoms. The van der Waals surface area contributed by atoms with Crippen molar-refractivity contribution in [3.8, 4) is 0 Å². The van der Waals surface area contributed by atoms with E-state index in [1.165, 1.54) is 12.1 Å². The minimum atomic E-state index is -0.542. The SMILES string of the molecule is CC(C)(C)OC(=O)N1Cc2cc(Br)ccc2C(c2ccc(F)cc2)C1. The highest BCUT2D eigenvalue weighted by Gasteiger charge is 2.31. The molecule has 0 bridgehead atoms. The first-order valence-electron chi connectivity index (χ1n) is 8.24. The van der Waals surface area contributed by atoms with Gasteiger partial charge in [-0.3, -0.25) is 0 Å². The number of rotatable bonds is 1. The number of ether oxygens (including phenoxy) is 1. The Labute approximate surface area is 155 Å². The number of fused-ring (bicyclic) bond motifs is 1. The van der Waals surface area contributed by atoms with Crippen LogP contribution in [0, 0.1) is 5.82 Å². The fraction of sp³-hybridized carbons (Fsp3) is 0.350. The highest BCUT2D eigenvalue weighted by Crippen LogP contribution is 2.35. The van der Waals surface area contributed by atoms with Gasteiger partial charge in [0, 0.05) is 23.5 Å². The van der Waals surface area contributed by atoms with Gasteiger partial charge in [0.05, 0.1) is 0 Å². The minimum Gasteiger partial charge on any atom is -0.444 e. The van der Waals surface area contributed by atoms with Gasteiger partial charge in [0.1, 0.15) is 11.4 Å². The molecule has 1 heterocycles. The molecule has 0 saturated heterocycles. The Hall–Kier alpha value is -1.88. The van der Waals surface area contributed by atoms with Crippen LogP contribution in [0.25, 0.3) is 0 Å². The van der Waals surface area contributed by atoms with Gasteiger partial charge in [-0.05, 0) is 61.7 Å². The lowest BCUT2D eigenvalue weighted by molar-refractivity contribution is 0.0213. The molecule has 1 atom stereocenters. The Kier molecular flexibility index (Phi) is 4.87. The second-order valence-electron chi connectivity index (χ2n) is 7.31. The van der Waals surface area contributed by atoms with Crippen LogP contribution in [0.1, 0.15) is 43.4 Å². The van der Waals surface area contributed by atoms with Crippen molar-refractivity contribution >= 4 is 22.0 Å². The van der Waals surface area contributed by atoms with Crippen molar-refractivity contribution in [1.29, 1.82) is 0 Å². The van der Waals surface area contributed by atoms with Crippen LogP contribution >= 0.6 is 15.9 Å². The molecule has 1 unspecified atom stereocenters. The molecule has 0 saturated carbocycles. The summed E-state index contributed by atoms with van der Waals surface area (Å²) in [6.45, 7) is 6.58. The van der Waals surface area contributed by atoms with Crippen LogP contribution in [0.4, 0.5) is 9.18 Å². The van der Waals surface area contributed by atoms with Gasteiger partial charge in [0.25, 0.3) is 0 Å². The topological polar surface area (TPSA) is 29.5 Å². The molecule has 0 fully saturated rings. The maximum absolute atomic E-state index is 13.3. The van der Waals surface area contributed by atoms with E-state index in [0.717, 1.165) is 21.2 Å². The average molecular weight is 406 g/mol. The number of hydrogen-bond acceptors (Lipinski definition) is 2. The summed E-state index contributed by atoms with van der Waals surface area (Å²) in [5.41, 5.74) is 2.67. The van der Waals surface area contributed by atoms with E-state index in [-0.39, 0.29) is 17.8 Å². The van der Waals surface area contributed by atoms with Crippen LogP contribution < -0.4 is 0 Å². The van der Waals surface area contributed by atoms with Crippen molar-refractivity contribution < 1.29 is 13.9 Å². The molecular formula is C20H21BrFNO2. The predicted octanol–water partition coefficient (Wildman–Crippen LogP) is 5.47. The molecule has 0 aromatic heterocycles. The first-order valence-corrected chi connectivity index (χ1v) is 9.04. The molecule has 2 aromatic carbocycles. The number of hydrogen-bond donors (Lipinski definition) is 0. The Morgan fingerprint density at radius 1 is 1.20 bits per heavy atom. The first-order chi connectivity index (χ1) is 11.7. The summed E-state index contributed by atoms with van der Waals surface area (Å²) in [5, 5.41) is 0. The number of carbonyl (C=O) groups is 1. The van der Waals surface area contributed by atoms with Gasteiger partial charge in [-0.25, -0.2) is 9.18 Å². The summed E-state index contributed by atoms with van der Waals surface area (Å²) in [6, 6.07) is 12.6. The molecule has 1 aliphatic rings. The lowest BCUT2D eigenvalue weighted by Crippen LogP contribution is -2.41. The van der Waals surface area contributed by atoms with Gasteiger partial charge in [-0.1, -0.05) is 34.1 Å². The quantitative estimate of drug-likeness (QED) is 0.629. The predicted molar refractivity (Wildman–Crippen MR) is 99.0 cm³/mol. The highest BCUT2D eigenvalue weighted by molar-refractivity contribution is 9.10. The zero-order chi connectivity index (χ0) is 18.2. The molecule has 0 radical (unpaired) electrons. The van der Waals surface area contributed by atoms with E-state index < -0.39 is 5.60 Å². The summed E-state index contributed by atoms with van der Waals surface area (Å²) < 4.78 is 19.8. The lowest BCUT2D eigenvalue weighted by atomic mass is 9.85. The molecule has 3 nitrogen and oxygen atoms in total. The zero-order valence-electron chi connectivity index (χ0n) is 14.6. The third kappa shape index (κ3) is 4.21. The maximum atomic E-state index is 13.3. The van der Waals surface area contributed by atoms with E-state index in [9.17, 15) is 9.18 Å². The van der Waals surface area contributed by atoms with Crippen molar-refractivity contribution in [3.05, 3.63) is 69.4 Å². The van der Waals surface area contributed by atoms with Gasteiger partial charge in [-0.2, -0.15) is 0 Å². The second-order valence-corrected chi connectivity index (χ2v) is 8.22. The molecule has 1 aliphatic heterocycles. The van der Waals surface area contributed by atoms with Gasteiger partial charge in [0.2, 0.25) is 0 Å². The largest absolute Gasteiger partial charge is 0.444 e. The molecule has 0 aliphatic carbocycles. The number of amides is 1. The van der Waals surface area contributed by atoms with Gasteiger partial charge in [-0.15, -0.1) is 0 Å². The van der Waals surface area contributed by atoms with E-state index in [2.05, 4.69) is 22.0 Å². The monoisotopic (exact) mass is 405 g/mol. The van der Waals surface area contributed by atoms with Crippen molar-refractivity contribution in [2.24, 2.45) is 0 Å². The Morgan fingerprint density at radius 3 is 2.52 bits per heavy atom. The summed E-state index contributed by atoms with van der Waals surface area (Å²) >= 11 is 3.50. The molecule has 0 N–H and O–H groups in total. The molecule has 0 spiro atoms. The third-order valence-corrected chi connectivity index (χ3v) is 4.66. The normalized spacial score (nSPS) is 17.2. The summed E-state index contributed by atoms with van der Waals surface area (Å²) in [6.07, 6.45) is -0.328. The molecule has 2 aromatic rings. The van der Waals surface area contributed by atoms with E-state index >= 15 is 0 Å². The van der Waals surface area contributed by atoms with Crippen LogP contribution in [0.15, 0.2) is 46.9 Å². The number of nitrogens with zero attached hydrogens (tertiary/aromatic N) is 1. The van der Waals surface area contributed by atoms with Crippen molar-refractivity contribution in [2.75, 3.05) is 6.54 Å². The molecule has 1 amide bonds. The third-order valence-electron chi connectivity index (χ3n) is 4.17. The van der Waals surface area contributed by atoms with E-state index in [4.69, 9.17) is 4.74 Å². The van der Waals surface area contributed by atoms with E-state index in [1.54, 1.807) is 17.0 Å². The van der Waals surface area contributed by atoms with Gasteiger partial charge in [0.15, 0.2) is 0 Å². The first kappa shape index (κ1) is 17.9. The van der Waals surface area contributed by atoms with E-state index in [0.29, 0.717) is 13.1 Å². The smallest absolute Gasteiger partial charge is 0.410 e. The fourth-order valence-electron chi connectivity index (χ4n) is 3.09. The standard InChI is InChI=1S/C20H21BrFNO2/c1-20(2,3)25-19(24)23-11-14-10-15(21)6-9-17(14)18(12-23)13-4-7-16(22)8-5-13/h4-10,18H,11-12H2,1-3H3. The van der Waals surface area contributed by atoms with Gasteiger partial charge >= 0.3 is 6.09 Å². The van der Waals surface area contributed by atoms with Crippen molar-refractivity contribution in [2.45, 2.75) is 38.8 Å². The zero-order valence-corrected chi connectivity index (χ0v) is 16.1. The summed E-state index contributed by atoms with van der Waals surface area (Å²) in [7, 11) is 0. The Balaban J connectivity index is 1.96. The summed E-state index contributed by atoms with van der Waals surface area (Å²) in [5.74, 6) is -0.274. The number of halogens is 2. The van der Waals surface area contributed by atoms with Crippen LogP contribution in [0.2, 0.25) is 0 Å². The second kappa shape index (κ2) is 6.79. The molecular weight excluding hydrogens is 385 g/mol. The van der Waals surface area contributed by atoms with Crippen LogP contribution in [-0.2, 0) is 11.3 Å². The van der Waals surface area contributed by atoms with Crippen LogP contribution in [0.5, 0.6) is 0 Å². The van der Waals surface area contributed by atoms with Gasteiger partial charge < -0.3 is 9.64 Å².